The molecule has 0 aliphatic carbocycles. The molecule has 0 N–H and O–H groups in total. The standard InChI is InChI=1S/C15H14N2O/c1-11(2)18-14-7-5-12(6-8-14)15-13(10-16)4-3-9-17-15/h3-9,11H,1-2H3. The summed E-state index contributed by atoms with van der Waals surface area (Å²) in [7, 11) is 0. The van der Waals surface area contributed by atoms with Crippen LogP contribution < -0.4 is 4.74 Å². The lowest BCUT2D eigenvalue weighted by Crippen LogP contribution is -2.05. The fourth-order valence-electron chi connectivity index (χ4n) is 1.69. The van der Waals surface area contributed by atoms with Crippen molar-refractivity contribution in [3.05, 3.63) is 48.2 Å². The predicted molar refractivity (Wildman–Crippen MR) is 70.2 cm³/mol. The Hall–Kier alpha value is -2.34. The van der Waals surface area contributed by atoms with Gasteiger partial charge in [0.1, 0.15) is 11.8 Å². The summed E-state index contributed by atoms with van der Waals surface area (Å²) in [6, 6.07) is 13.3. The average molecular weight is 238 g/mol. The van der Waals surface area contributed by atoms with Crippen molar-refractivity contribution in [2.75, 3.05) is 0 Å². The van der Waals surface area contributed by atoms with Gasteiger partial charge in [0.25, 0.3) is 0 Å². The number of hydrogen-bond acceptors (Lipinski definition) is 3. The Kier molecular flexibility index (Phi) is 3.59. The van der Waals surface area contributed by atoms with E-state index >= 15 is 0 Å². The van der Waals surface area contributed by atoms with Crippen molar-refractivity contribution < 1.29 is 4.74 Å². The SMILES string of the molecule is CC(C)Oc1ccc(-c2ncccc2C#N)cc1. The molecular formula is C15H14N2O. The number of hydrogen-bond donors (Lipinski definition) is 0. The predicted octanol–water partition coefficient (Wildman–Crippen LogP) is 3.41. The molecule has 0 aliphatic heterocycles. The van der Waals surface area contributed by atoms with Crippen LogP contribution in [0.3, 0.4) is 0 Å². The van der Waals surface area contributed by atoms with E-state index in [0.29, 0.717) is 11.3 Å². The molecule has 3 nitrogen and oxygen atoms in total. The van der Waals surface area contributed by atoms with E-state index in [2.05, 4.69) is 11.1 Å². The van der Waals surface area contributed by atoms with Crippen molar-refractivity contribution in [3.63, 3.8) is 0 Å². The van der Waals surface area contributed by atoms with Gasteiger partial charge in [0, 0.05) is 11.8 Å². The highest BCUT2D eigenvalue weighted by atomic mass is 16.5. The van der Waals surface area contributed by atoms with E-state index in [1.165, 1.54) is 0 Å². The number of ether oxygens (including phenoxy) is 1. The average Bonchev–Trinajstić information content (AvgIpc) is 2.39. The molecular weight excluding hydrogens is 224 g/mol. The lowest BCUT2D eigenvalue weighted by atomic mass is 10.1. The first-order valence-corrected chi connectivity index (χ1v) is 5.83. The first kappa shape index (κ1) is 12.1. The topological polar surface area (TPSA) is 45.9 Å². The summed E-state index contributed by atoms with van der Waals surface area (Å²) in [6.45, 7) is 3.97. The molecule has 0 aliphatic rings. The van der Waals surface area contributed by atoms with Gasteiger partial charge in [-0.05, 0) is 50.2 Å². The van der Waals surface area contributed by atoms with Gasteiger partial charge in [0.05, 0.1) is 17.4 Å². The molecule has 0 atom stereocenters. The normalized spacial score (nSPS) is 10.1. The van der Waals surface area contributed by atoms with Crippen LogP contribution in [0.1, 0.15) is 19.4 Å². The van der Waals surface area contributed by atoms with E-state index in [-0.39, 0.29) is 6.10 Å². The van der Waals surface area contributed by atoms with Gasteiger partial charge < -0.3 is 4.74 Å². The Bertz CT molecular complexity index is 568. The maximum Gasteiger partial charge on any atom is 0.119 e. The number of nitriles is 1. The molecule has 0 saturated heterocycles. The molecule has 0 bridgehead atoms. The van der Waals surface area contributed by atoms with Gasteiger partial charge >= 0.3 is 0 Å². The summed E-state index contributed by atoms with van der Waals surface area (Å²) in [5.41, 5.74) is 2.20. The summed E-state index contributed by atoms with van der Waals surface area (Å²) < 4.78 is 5.58. The van der Waals surface area contributed by atoms with E-state index in [1.807, 2.05) is 38.1 Å². The Balaban J connectivity index is 2.32. The lowest BCUT2D eigenvalue weighted by Gasteiger charge is -2.10. The van der Waals surface area contributed by atoms with Crippen LogP contribution in [0.5, 0.6) is 5.75 Å². The van der Waals surface area contributed by atoms with Crippen LogP contribution in [0.25, 0.3) is 11.3 Å². The smallest absolute Gasteiger partial charge is 0.119 e. The van der Waals surface area contributed by atoms with Gasteiger partial charge in [-0.2, -0.15) is 5.26 Å². The monoisotopic (exact) mass is 238 g/mol. The number of nitrogens with zero attached hydrogens (tertiary/aromatic N) is 2. The highest BCUT2D eigenvalue weighted by molar-refractivity contribution is 5.66. The second-order valence-corrected chi connectivity index (χ2v) is 4.20. The molecule has 2 aromatic rings. The second kappa shape index (κ2) is 5.33. The van der Waals surface area contributed by atoms with Gasteiger partial charge in [-0.1, -0.05) is 0 Å². The van der Waals surface area contributed by atoms with Gasteiger partial charge in [-0.15, -0.1) is 0 Å². The molecule has 0 radical (unpaired) electrons. The molecule has 2 rings (SSSR count). The van der Waals surface area contributed by atoms with Gasteiger partial charge in [-0.3, -0.25) is 4.98 Å². The minimum Gasteiger partial charge on any atom is -0.491 e. The minimum atomic E-state index is 0.153. The molecule has 0 spiro atoms. The van der Waals surface area contributed by atoms with Crippen LogP contribution in [-0.2, 0) is 0 Å². The summed E-state index contributed by atoms with van der Waals surface area (Å²) in [6.07, 6.45) is 1.84. The highest BCUT2D eigenvalue weighted by Gasteiger charge is 2.06. The van der Waals surface area contributed by atoms with Crippen molar-refractivity contribution in [3.8, 4) is 23.1 Å². The third-order valence-electron chi connectivity index (χ3n) is 2.43. The summed E-state index contributed by atoms with van der Waals surface area (Å²) in [5, 5.41) is 9.04. The molecule has 1 aromatic heterocycles. The Morgan fingerprint density at radius 1 is 1.17 bits per heavy atom. The van der Waals surface area contributed by atoms with Gasteiger partial charge in [0.15, 0.2) is 0 Å². The fourth-order valence-corrected chi connectivity index (χ4v) is 1.69. The molecule has 90 valence electrons. The van der Waals surface area contributed by atoms with Gasteiger partial charge in [-0.25, -0.2) is 0 Å². The van der Waals surface area contributed by atoms with E-state index in [1.54, 1.807) is 18.3 Å². The van der Waals surface area contributed by atoms with Crippen molar-refractivity contribution in [2.24, 2.45) is 0 Å². The van der Waals surface area contributed by atoms with Crippen molar-refractivity contribution in [1.82, 2.24) is 4.98 Å². The number of rotatable bonds is 3. The summed E-state index contributed by atoms with van der Waals surface area (Å²) in [4.78, 5) is 4.25. The van der Waals surface area contributed by atoms with Crippen molar-refractivity contribution >= 4 is 0 Å². The summed E-state index contributed by atoms with van der Waals surface area (Å²) >= 11 is 0. The maximum atomic E-state index is 9.04. The maximum absolute atomic E-state index is 9.04. The van der Waals surface area contributed by atoms with E-state index in [4.69, 9.17) is 10.00 Å². The molecule has 3 heteroatoms. The van der Waals surface area contributed by atoms with Crippen LogP contribution in [-0.4, -0.2) is 11.1 Å². The lowest BCUT2D eigenvalue weighted by molar-refractivity contribution is 0.242. The number of pyridine rings is 1. The molecule has 18 heavy (non-hydrogen) atoms. The fraction of sp³-hybridized carbons (Fsp3) is 0.200. The second-order valence-electron chi connectivity index (χ2n) is 4.20. The van der Waals surface area contributed by atoms with Crippen molar-refractivity contribution in [1.29, 1.82) is 5.26 Å². The van der Waals surface area contributed by atoms with E-state index < -0.39 is 0 Å². The largest absolute Gasteiger partial charge is 0.491 e. The number of aromatic nitrogens is 1. The van der Waals surface area contributed by atoms with Gasteiger partial charge in [0.2, 0.25) is 0 Å². The molecule has 0 saturated carbocycles. The summed E-state index contributed by atoms with van der Waals surface area (Å²) in [5.74, 6) is 0.822. The van der Waals surface area contributed by atoms with Crippen LogP contribution in [0.4, 0.5) is 0 Å². The zero-order valence-corrected chi connectivity index (χ0v) is 10.4. The molecule has 1 heterocycles. The zero-order chi connectivity index (χ0) is 13.0. The van der Waals surface area contributed by atoms with E-state index in [9.17, 15) is 0 Å². The number of benzene rings is 1. The zero-order valence-electron chi connectivity index (χ0n) is 10.4. The van der Waals surface area contributed by atoms with Crippen LogP contribution in [0, 0.1) is 11.3 Å². The minimum absolute atomic E-state index is 0.153. The Labute approximate surface area is 107 Å². The third-order valence-corrected chi connectivity index (χ3v) is 2.43. The molecule has 0 fully saturated rings. The first-order chi connectivity index (χ1) is 8.70. The van der Waals surface area contributed by atoms with Crippen molar-refractivity contribution in [2.45, 2.75) is 20.0 Å². The van der Waals surface area contributed by atoms with Crippen LogP contribution in [0.15, 0.2) is 42.6 Å². The highest BCUT2D eigenvalue weighted by Crippen LogP contribution is 2.23. The Morgan fingerprint density at radius 2 is 1.89 bits per heavy atom. The van der Waals surface area contributed by atoms with Crippen LogP contribution in [0.2, 0.25) is 0 Å². The molecule has 1 aromatic carbocycles. The first-order valence-electron chi connectivity index (χ1n) is 5.83. The third kappa shape index (κ3) is 2.67. The Morgan fingerprint density at radius 3 is 2.50 bits per heavy atom. The van der Waals surface area contributed by atoms with Crippen LogP contribution >= 0.6 is 0 Å². The van der Waals surface area contributed by atoms with E-state index in [0.717, 1.165) is 11.3 Å². The molecule has 0 unspecified atom stereocenters. The molecule has 0 amide bonds. The quantitative estimate of drug-likeness (QED) is 0.823.